The van der Waals surface area contributed by atoms with Crippen molar-refractivity contribution in [2.45, 2.75) is 45.1 Å². The smallest absolute Gasteiger partial charge is 0.332 e. The van der Waals surface area contributed by atoms with E-state index >= 15 is 0 Å². The second-order valence-corrected chi connectivity index (χ2v) is 9.88. The van der Waals surface area contributed by atoms with Gasteiger partial charge in [0.1, 0.15) is 6.54 Å². The number of hydrogen-bond donors (Lipinski definition) is 1. The molecule has 0 radical (unpaired) electrons. The maximum atomic E-state index is 12.8. The standard InChI is InChI=1S/C20H26ClN5O3/c1-24-16-15(17(28)25(2)19(24)29)26(18(21)23-16)9-14(27)22-10-20-6-11-3-12(7-20)5-13(4-11)8-20/h11-13H,3-10H2,1-2H3,(H,22,27). The Balaban J connectivity index is 1.37. The maximum absolute atomic E-state index is 12.8. The topological polar surface area (TPSA) is 90.9 Å². The highest BCUT2D eigenvalue weighted by Gasteiger charge is 2.50. The normalized spacial score (nSPS) is 30.2. The summed E-state index contributed by atoms with van der Waals surface area (Å²) in [6.07, 6.45) is 7.76. The number of nitrogens with one attached hydrogen (secondary N) is 1. The summed E-state index contributed by atoms with van der Waals surface area (Å²) in [6.45, 7) is 0.602. The maximum Gasteiger partial charge on any atom is 0.332 e. The summed E-state index contributed by atoms with van der Waals surface area (Å²) < 4.78 is 3.67. The van der Waals surface area contributed by atoms with E-state index in [1.165, 1.54) is 61.8 Å². The largest absolute Gasteiger partial charge is 0.354 e. The van der Waals surface area contributed by atoms with E-state index in [2.05, 4.69) is 10.3 Å². The molecule has 0 spiro atoms. The molecule has 29 heavy (non-hydrogen) atoms. The van der Waals surface area contributed by atoms with Crippen LogP contribution in [-0.4, -0.2) is 31.1 Å². The van der Waals surface area contributed by atoms with Crippen LogP contribution in [0.1, 0.15) is 38.5 Å². The molecule has 6 rings (SSSR count). The van der Waals surface area contributed by atoms with Crippen LogP contribution in [0.4, 0.5) is 0 Å². The van der Waals surface area contributed by atoms with Gasteiger partial charge in [-0.2, -0.15) is 4.98 Å². The van der Waals surface area contributed by atoms with Gasteiger partial charge in [-0.1, -0.05) is 0 Å². The molecule has 1 amide bonds. The predicted molar refractivity (Wildman–Crippen MR) is 109 cm³/mol. The van der Waals surface area contributed by atoms with Crippen molar-refractivity contribution >= 4 is 28.7 Å². The van der Waals surface area contributed by atoms with Crippen LogP contribution in [0.25, 0.3) is 11.2 Å². The lowest BCUT2D eigenvalue weighted by molar-refractivity contribution is -0.123. The number of nitrogens with zero attached hydrogens (tertiary/aromatic N) is 4. The molecule has 4 bridgehead atoms. The summed E-state index contributed by atoms with van der Waals surface area (Å²) in [6, 6.07) is 0. The number of aromatic nitrogens is 4. The van der Waals surface area contributed by atoms with Gasteiger partial charge in [0.25, 0.3) is 5.56 Å². The third kappa shape index (κ3) is 2.95. The molecule has 4 saturated carbocycles. The number of imidazole rings is 1. The minimum absolute atomic E-state index is 0.0308. The number of rotatable bonds is 4. The van der Waals surface area contributed by atoms with Crippen LogP contribution in [0.2, 0.25) is 5.28 Å². The average Bonchev–Trinajstić information content (AvgIpc) is 2.98. The van der Waals surface area contributed by atoms with E-state index in [1.807, 2.05) is 0 Å². The molecule has 0 unspecified atom stereocenters. The lowest BCUT2D eigenvalue weighted by atomic mass is 9.49. The number of hydrogen-bond acceptors (Lipinski definition) is 4. The molecule has 9 heteroatoms. The highest BCUT2D eigenvalue weighted by molar-refractivity contribution is 6.29. The van der Waals surface area contributed by atoms with Crippen molar-refractivity contribution in [3.63, 3.8) is 0 Å². The third-order valence-electron chi connectivity index (χ3n) is 7.43. The van der Waals surface area contributed by atoms with Gasteiger partial charge in [0.15, 0.2) is 11.2 Å². The van der Waals surface area contributed by atoms with Crippen molar-refractivity contribution in [2.24, 2.45) is 37.3 Å². The number of halogens is 1. The Morgan fingerprint density at radius 3 is 2.28 bits per heavy atom. The first-order valence-corrected chi connectivity index (χ1v) is 10.7. The Kier molecular flexibility index (Phi) is 4.21. The number of carbonyl (C=O) groups is 1. The van der Waals surface area contributed by atoms with E-state index in [9.17, 15) is 14.4 Å². The molecule has 1 N–H and O–H groups in total. The van der Waals surface area contributed by atoms with E-state index < -0.39 is 11.2 Å². The van der Waals surface area contributed by atoms with Crippen molar-refractivity contribution in [3.05, 3.63) is 26.1 Å². The zero-order valence-corrected chi connectivity index (χ0v) is 17.5. The minimum Gasteiger partial charge on any atom is -0.354 e. The van der Waals surface area contributed by atoms with Gasteiger partial charge in [-0.25, -0.2) is 4.79 Å². The van der Waals surface area contributed by atoms with Crippen LogP contribution < -0.4 is 16.6 Å². The second kappa shape index (κ2) is 6.45. The molecule has 2 aromatic heterocycles. The first-order valence-electron chi connectivity index (χ1n) is 10.3. The van der Waals surface area contributed by atoms with E-state index in [4.69, 9.17) is 11.6 Å². The van der Waals surface area contributed by atoms with E-state index in [0.717, 1.165) is 22.3 Å². The van der Waals surface area contributed by atoms with Gasteiger partial charge in [0, 0.05) is 20.6 Å². The summed E-state index contributed by atoms with van der Waals surface area (Å²) in [4.78, 5) is 41.6. The molecule has 156 valence electrons. The molecular weight excluding hydrogens is 394 g/mol. The monoisotopic (exact) mass is 419 g/mol. The van der Waals surface area contributed by atoms with E-state index in [1.54, 1.807) is 0 Å². The fourth-order valence-electron chi connectivity index (χ4n) is 6.56. The number of fused-ring (bicyclic) bond motifs is 1. The van der Waals surface area contributed by atoms with Crippen LogP contribution in [0.15, 0.2) is 9.59 Å². The van der Waals surface area contributed by atoms with Gasteiger partial charge >= 0.3 is 5.69 Å². The third-order valence-corrected chi connectivity index (χ3v) is 7.72. The van der Waals surface area contributed by atoms with Crippen molar-refractivity contribution in [1.29, 1.82) is 0 Å². The Morgan fingerprint density at radius 2 is 1.69 bits per heavy atom. The first-order chi connectivity index (χ1) is 13.8. The molecule has 0 atom stereocenters. The Labute approximate surface area is 172 Å². The summed E-state index contributed by atoms with van der Waals surface area (Å²) in [5.74, 6) is 2.30. The fourth-order valence-corrected chi connectivity index (χ4v) is 6.78. The second-order valence-electron chi connectivity index (χ2n) is 9.54. The van der Waals surface area contributed by atoms with Gasteiger partial charge in [0.2, 0.25) is 11.2 Å². The van der Waals surface area contributed by atoms with Crippen LogP contribution in [0.5, 0.6) is 0 Å². The van der Waals surface area contributed by atoms with Crippen LogP contribution >= 0.6 is 11.6 Å². The predicted octanol–water partition coefficient (Wildman–Crippen LogP) is 1.42. The number of amides is 1. The van der Waals surface area contributed by atoms with E-state index in [0.29, 0.717) is 6.54 Å². The highest BCUT2D eigenvalue weighted by Crippen LogP contribution is 2.59. The molecule has 4 fully saturated rings. The van der Waals surface area contributed by atoms with Gasteiger partial charge in [0.05, 0.1) is 0 Å². The lowest BCUT2D eigenvalue weighted by Crippen LogP contribution is -2.51. The summed E-state index contributed by atoms with van der Waals surface area (Å²) >= 11 is 6.23. The van der Waals surface area contributed by atoms with Crippen molar-refractivity contribution < 1.29 is 4.79 Å². The fraction of sp³-hybridized carbons (Fsp3) is 0.700. The van der Waals surface area contributed by atoms with Gasteiger partial charge in [-0.05, 0) is 73.3 Å². The Hall–Kier alpha value is -2.09. The van der Waals surface area contributed by atoms with Gasteiger partial charge < -0.3 is 5.32 Å². The molecule has 2 aromatic rings. The molecule has 0 saturated heterocycles. The molecular formula is C20H26ClN5O3. The first kappa shape index (κ1) is 18.9. The highest BCUT2D eigenvalue weighted by atomic mass is 35.5. The van der Waals surface area contributed by atoms with Gasteiger partial charge in [-0.3, -0.25) is 23.3 Å². The van der Waals surface area contributed by atoms with Crippen molar-refractivity contribution in [2.75, 3.05) is 6.54 Å². The molecule has 0 aliphatic heterocycles. The molecule has 8 nitrogen and oxygen atoms in total. The summed E-state index contributed by atoms with van der Waals surface area (Å²) in [5.41, 5.74) is -0.376. The lowest BCUT2D eigenvalue weighted by Gasteiger charge is -2.56. The molecule has 0 aromatic carbocycles. The minimum atomic E-state index is -0.503. The molecule has 4 aliphatic rings. The zero-order valence-electron chi connectivity index (χ0n) is 16.8. The Morgan fingerprint density at radius 1 is 1.10 bits per heavy atom. The van der Waals surface area contributed by atoms with Crippen LogP contribution in [0, 0.1) is 23.2 Å². The Bertz CT molecular complexity index is 1090. The van der Waals surface area contributed by atoms with Crippen molar-refractivity contribution in [1.82, 2.24) is 24.0 Å². The molecule has 2 heterocycles. The summed E-state index contributed by atoms with van der Waals surface area (Å²) in [7, 11) is 2.94. The number of carbonyl (C=O) groups excluding carboxylic acids is 1. The SMILES string of the molecule is Cn1c(=O)c2c(nc(Cl)n2CC(=O)NCC23CC4CC(CC(C4)C2)C3)n(C)c1=O. The summed E-state index contributed by atoms with van der Waals surface area (Å²) in [5, 5.41) is 3.14. The van der Waals surface area contributed by atoms with Crippen molar-refractivity contribution in [3.8, 4) is 0 Å². The van der Waals surface area contributed by atoms with Gasteiger partial charge in [-0.15, -0.1) is 0 Å². The zero-order chi connectivity index (χ0) is 20.5. The molecule has 4 aliphatic carbocycles. The van der Waals surface area contributed by atoms with Crippen LogP contribution in [0.3, 0.4) is 0 Å². The van der Waals surface area contributed by atoms with E-state index in [-0.39, 0.29) is 34.3 Å². The average molecular weight is 420 g/mol. The van der Waals surface area contributed by atoms with Crippen LogP contribution in [-0.2, 0) is 25.4 Å². The number of aryl methyl sites for hydroxylation is 1. The quantitative estimate of drug-likeness (QED) is 0.759.